The molecular formula is C15H11N2OP. The highest BCUT2D eigenvalue weighted by Gasteiger charge is 2.29. The van der Waals surface area contributed by atoms with Crippen molar-refractivity contribution in [2.45, 2.75) is 6.10 Å². The number of nitrogens with one attached hydrogen (secondary N) is 1. The fourth-order valence-corrected chi connectivity index (χ4v) is 3.27. The van der Waals surface area contributed by atoms with Gasteiger partial charge in [-0.1, -0.05) is 42.5 Å². The summed E-state index contributed by atoms with van der Waals surface area (Å²) in [5.74, 6) is 0.901. The number of H-pyrrole nitrogens is 1. The van der Waals surface area contributed by atoms with Gasteiger partial charge in [0.25, 0.3) is 0 Å². The second-order valence-electron chi connectivity index (χ2n) is 4.46. The van der Waals surface area contributed by atoms with E-state index >= 15 is 0 Å². The molecule has 1 aliphatic heterocycles. The van der Waals surface area contributed by atoms with E-state index in [4.69, 9.17) is 4.74 Å². The summed E-state index contributed by atoms with van der Waals surface area (Å²) in [5, 5.41) is 5.60. The van der Waals surface area contributed by atoms with Crippen LogP contribution in [0.4, 0.5) is 0 Å². The van der Waals surface area contributed by atoms with Crippen molar-refractivity contribution in [3.63, 3.8) is 0 Å². The van der Waals surface area contributed by atoms with E-state index in [1.54, 1.807) is 0 Å². The van der Waals surface area contributed by atoms with E-state index in [2.05, 4.69) is 28.2 Å². The normalized spacial score (nSPS) is 16.7. The van der Waals surface area contributed by atoms with Crippen molar-refractivity contribution >= 4 is 8.35 Å². The Kier molecular flexibility index (Phi) is 2.39. The summed E-state index contributed by atoms with van der Waals surface area (Å²) in [6.07, 6.45) is -0.0495. The van der Waals surface area contributed by atoms with Crippen LogP contribution < -0.4 is 4.74 Å². The van der Waals surface area contributed by atoms with Crippen LogP contribution >= 0.6 is 8.35 Å². The third kappa shape index (κ3) is 1.66. The number of aromatic nitrogens is 2. The first-order valence-electron chi connectivity index (χ1n) is 6.15. The Hall–Kier alpha value is -2.12. The number of ether oxygens (including phenoxy) is 1. The SMILES string of the molecule is c1ccc(C2Oc3ccccc3-c3n[nH]pc32)cc1. The average molecular weight is 266 g/mol. The van der Waals surface area contributed by atoms with Crippen LogP contribution in [0.25, 0.3) is 11.3 Å². The molecule has 4 rings (SSSR count). The van der Waals surface area contributed by atoms with Crippen molar-refractivity contribution in [1.29, 1.82) is 0 Å². The number of hydrogen-bond acceptors (Lipinski definition) is 2. The quantitative estimate of drug-likeness (QED) is 0.718. The molecule has 0 bridgehead atoms. The van der Waals surface area contributed by atoms with Crippen LogP contribution in [0.5, 0.6) is 5.75 Å². The molecular weight excluding hydrogens is 255 g/mol. The summed E-state index contributed by atoms with van der Waals surface area (Å²) >= 11 is 0. The van der Waals surface area contributed by atoms with Gasteiger partial charge in [-0.3, -0.25) is 4.86 Å². The molecule has 0 saturated heterocycles. The number of aromatic amines is 1. The molecule has 0 radical (unpaired) electrons. The Balaban J connectivity index is 1.91. The topological polar surface area (TPSA) is 37.9 Å². The fraction of sp³-hybridized carbons (Fsp3) is 0.0667. The lowest BCUT2D eigenvalue weighted by Gasteiger charge is -2.25. The molecule has 4 heteroatoms. The van der Waals surface area contributed by atoms with Crippen LogP contribution in [0, 0.1) is 0 Å². The highest BCUT2D eigenvalue weighted by atomic mass is 31.0. The maximum absolute atomic E-state index is 6.17. The monoisotopic (exact) mass is 266 g/mol. The van der Waals surface area contributed by atoms with Crippen molar-refractivity contribution in [2.75, 3.05) is 0 Å². The number of fused-ring (bicyclic) bond motifs is 3. The van der Waals surface area contributed by atoms with Crippen molar-refractivity contribution in [3.05, 3.63) is 65.5 Å². The van der Waals surface area contributed by atoms with E-state index in [1.165, 1.54) is 5.30 Å². The number of rotatable bonds is 1. The molecule has 0 fully saturated rings. The molecule has 1 unspecified atom stereocenters. The van der Waals surface area contributed by atoms with Gasteiger partial charge in [-0.15, -0.1) is 0 Å². The molecule has 3 aromatic rings. The Morgan fingerprint density at radius 1 is 1.00 bits per heavy atom. The van der Waals surface area contributed by atoms with Crippen LogP contribution in [0.15, 0.2) is 54.6 Å². The summed E-state index contributed by atoms with van der Waals surface area (Å²) in [7, 11) is 1.01. The van der Waals surface area contributed by atoms with Gasteiger partial charge in [0.15, 0.2) is 6.10 Å². The lowest BCUT2D eigenvalue weighted by molar-refractivity contribution is 0.247. The van der Waals surface area contributed by atoms with Gasteiger partial charge in [0, 0.05) is 13.9 Å². The Morgan fingerprint density at radius 3 is 2.68 bits per heavy atom. The number of benzene rings is 2. The zero-order valence-electron chi connectivity index (χ0n) is 10.1. The van der Waals surface area contributed by atoms with Crippen molar-refractivity contribution in [1.82, 2.24) is 9.96 Å². The minimum atomic E-state index is -0.0495. The Bertz CT molecular complexity index is 724. The lowest BCUT2D eigenvalue weighted by Crippen LogP contribution is -2.13. The largest absolute Gasteiger partial charge is 0.480 e. The van der Waals surface area contributed by atoms with Crippen LogP contribution in [-0.4, -0.2) is 9.96 Å². The number of hydrogen-bond donors (Lipinski definition) is 1. The predicted molar refractivity (Wildman–Crippen MR) is 75.4 cm³/mol. The lowest BCUT2D eigenvalue weighted by atomic mass is 10.00. The average Bonchev–Trinajstić information content (AvgIpc) is 2.97. The second kappa shape index (κ2) is 4.22. The molecule has 2 heterocycles. The van der Waals surface area contributed by atoms with Crippen molar-refractivity contribution < 1.29 is 4.74 Å². The first-order chi connectivity index (χ1) is 9.43. The first kappa shape index (κ1) is 10.8. The van der Waals surface area contributed by atoms with Crippen LogP contribution in [-0.2, 0) is 0 Å². The van der Waals surface area contributed by atoms with Gasteiger partial charge in [-0.2, -0.15) is 5.10 Å². The molecule has 2 aromatic carbocycles. The highest BCUT2D eigenvalue weighted by Crippen LogP contribution is 2.46. The third-order valence-electron chi connectivity index (χ3n) is 3.31. The zero-order valence-corrected chi connectivity index (χ0v) is 11.0. The number of para-hydroxylation sites is 1. The van der Waals surface area contributed by atoms with E-state index in [-0.39, 0.29) is 6.10 Å². The molecule has 3 nitrogen and oxygen atoms in total. The van der Waals surface area contributed by atoms with Gasteiger partial charge >= 0.3 is 0 Å². The molecule has 1 atom stereocenters. The van der Waals surface area contributed by atoms with Gasteiger partial charge < -0.3 is 4.74 Å². The van der Waals surface area contributed by atoms with E-state index in [9.17, 15) is 0 Å². The van der Waals surface area contributed by atoms with Gasteiger partial charge in [0.1, 0.15) is 11.4 Å². The molecule has 19 heavy (non-hydrogen) atoms. The van der Waals surface area contributed by atoms with E-state index < -0.39 is 0 Å². The summed E-state index contributed by atoms with van der Waals surface area (Å²) in [6, 6.07) is 18.3. The molecule has 0 amide bonds. The first-order valence-corrected chi connectivity index (χ1v) is 7.04. The van der Waals surface area contributed by atoms with Gasteiger partial charge in [0.05, 0.1) is 5.30 Å². The molecule has 1 aromatic heterocycles. The van der Waals surface area contributed by atoms with Gasteiger partial charge in [0.2, 0.25) is 0 Å². The summed E-state index contributed by atoms with van der Waals surface area (Å²) in [6.45, 7) is 0. The summed E-state index contributed by atoms with van der Waals surface area (Å²) in [4.78, 5) is 3.05. The molecule has 1 N–H and O–H groups in total. The Labute approximate surface area is 112 Å². The van der Waals surface area contributed by atoms with Gasteiger partial charge in [-0.05, 0) is 17.7 Å². The highest BCUT2D eigenvalue weighted by molar-refractivity contribution is 7.26. The summed E-state index contributed by atoms with van der Waals surface area (Å²) < 4.78 is 6.17. The van der Waals surface area contributed by atoms with E-state index in [0.29, 0.717) is 0 Å². The van der Waals surface area contributed by atoms with Crippen LogP contribution in [0.2, 0.25) is 0 Å². The molecule has 92 valence electrons. The van der Waals surface area contributed by atoms with Gasteiger partial charge in [-0.25, -0.2) is 0 Å². The minimum Gasteiger partial charge on any atom is -0.480 e. The minimum absolute atomic E-state index is 0.0495. The maximum Gasteiger partial charge on any atom is 0.157 e. The Morgan fingerprint density at radius 2 is 1.79 bits per heavy atom. The molecule has 1 aliphatic rings. The standard InChI is InChI=1S/C15H11N2OP/c1-2-6-10(7-3-1)14-15-13(16-17-19-15)11-8-4-5-9-12(11)18-14/h1-9,14H,(H,16,17). The molecule has 0 aliphatic carbocycles. The van der Waals surface area contributed by atoms with Crippen LogP contribution in [0.1, 0.15) is 17.0 Å². The fourth-order valence-electron chi connectivity index (χ4n) is 2.42. The van der Waals surface area contributed by atoms with Crippen LogP contribution in [0.3, 0.4) is 0 Å². The zero-order chi connectivity index (χ0) is 12.7. The number of nitrogens with zero attached hydrogens (tertiary/aromatic N) is 1. The predicted octanol–water partition coefficient (Wildman–Crippen LogP) is 4.14. The van der Waals surface area contributed by atoms with Crippen molar-refractivity contribution in [2.24, 2.45) is 0 Å². The third-order valence-corrected chi connectivity index (χ3v) is 4.20. The second-order valence-corrected chi connectivity index (χ2v) is 5.37. The smallest absolute Gasteiger partial charge is 0.157 e. The maximum atomic E-state index is 6.17. The van der Waals surface area contributed by atoms with E-state index in [0.717, 1.165) is 30.9 Å². The molecule has 0 saturated carbocycles. The van der Waals surface area contributed by atoms with Crippen molar-refractivity contribution in [3.8, 4) is 17.0 Å². The molecule has 0 spiro atoms. The van der Waals surface area contributed by atoms with E-state index in [1.807, 2.05) is 36.4 Å². The summed E-state index contributed by atoms with van der Waals surface area (Å²) in [5.41, 5.74) is 3.26.